The van der Waals surface area contributed by atoms with Crippen LogP contribution < -0.4 is 9.80 Å². The molecule has 84 heavy (non-hydrogen) atoms. The van der Waals surface area contributed by atoms with Gasteiger partial charge in [0.25, 0.3) is 0 Å². The fourth-order valence-corrected chi connectivity index (χ4v) is 13.1. The van der Waals surface area contributed by atoms with E-state index in [1.54, 1.807) is 0 Å². The van der Waals surface area contributed by atoms with Gasteiger partial charge in [0.15, 0.2) is 0 Å². The Labute approximate surface area is 492 Å². The van der Waals surface area contributed by atoms with E-state index in [1.165, 1.54) is 122 Å². The largest absolute Gasteiger partial charge is 0.310 e. The second-order valence-corrected chi connectivity index (χ2v) is 22.0. The van der Waals surface area contributed by atoms with E-state index in [4.69, 9.17) is 0 Å². The molecule has 0 N–H and O–H groups in total. The lowest BCUT2D eigenvalue weighted by molar-refractivity contribution is 1.25. The number of fused-ring (bicyclic) bond motifs is 6. The van der Waals surface area contributed by atoms with E-state index in [1.807, 2.05) is 0 Å². The van der Waals surface area contributed by atoms with Gasteiger partial charge in [0.05, 0.1) is 0 Å². The zero-order valence-corrected chi connectivity index (χ0v) is 46.9. The Kier molecular flexibility index (Phi) is 12.7. The summed E-state index contributed by atoms with van der Waals surface area (Å²) in [6.07, 6.45) is 0. The molecule has 0 radical (unpaired) electrons. The molecule has 1 aliphatic rings. The molecule has 0 fully saturated rings. The number of anilines is 6. The van der Waals surface area contributed by atoms with E-state index in [9.17, 15) is 0 Å². The average Bonchev–Trinajstić information content (AvgIpc) is 0.762. The van der Waals surface area contributed by atoms with Gasteiger partial charge in [0.1, 0.15) is 0 Å². The van der Waals surface area contributed by atoms with E-state index in [0.717, 1.165) is 34.1 Å². The first kappa shape index (κ1) is 50.2. The normalized spacial score (nSPS) is 11.5. The van der Waals surface area contributed by atoms with E-state index in [2.05, 4.69) is 339 Å². The van der Waals surface area contributed by atoms with Gasteiger partial charge in [-0.25, -0.2) is 0 Å². The maximum atomic E-state index is 2.48. The van der Waals surface area contributed by atoms with Crippen molar-refractivity contribution in [3.05, 3.63) is 327 Å². The van der Waals surface area contributed by atoms with Gasteiger partial charge in [-0.1, -0.05) is 255 Å². The molecular weight excluding hydrogens is 1010 g/mol. The summed E-state index contributed by atoms with van der Waals surface area (Å²) in [5, 5.41) is 4.80. The highest BCUT2D eigenvalue weighted by atomic mass is 15.1. The van der Waals surface area contributed by atoms with Crippen LogP contribution in [0.25, 0.3) is 111 Å². The Balaban J connectivity index is 1.06. The first-order valence-corrected chi connectivity index (χ1v) is 29.1. The lowest BCUT2D eigenvalue weighted by Crippen LogP contribution is -2.13. The van der Waals surface area contributed by atoms with Crippen LogP contribution in [0.3, 0.4) is 0 Å². The zero-order valence-electron chi connectivity index (χ0n) is 46.9. The number of benzene rings is 14. The van der Waals surface area contributed by atoms with Crippen LogP contribution in [0, 0.1) is 13.8 Å². The molecule has 0 amide bonds. The predicted octanol–water partition coefficient (Wildman–Crippen LogP) is 23.2. The first-order chi connectivity index (χ1) is 41.6. The smallest absolute Gasteiger partial charge is 0.0496 e. The van der Waals surface area contributed by atoms with Crippen molar-refractivity contribution in [2.75, 3.05) is 9.80 Å². The van der Waals surface area contributed by atoms with Crippen LogP contribution in [0.4, 0.5) is 34.1 Å². The molecule has 0 aromatic heterocycles. The van der Waals surface area contributed by atoms with Crippen molar-refractivity contribution in [3.63, 3.8) is 0 Å². The summed E-state index contributed by atoms with van der Waals surface area (Å²) in [5.41, 5.74) is 28.5. The highest BCUT2D eigenvalue weighted by Gasteiger charge is 2.39. The highest BCUT2D eigenvalue weighted by molar-refractivity contribution is 6.33. The number of nitrogens with zero attached hydrogens (tertiary/aromatic N) is 2. The molecule has 1 aliphatic carbocycles. The van der Waals surface area contributed by atoms with Crippen LogP contribution >= 0.6 is 0 Å². The van der Waals surface area contributed by atoms with E-state index >= 15 is 0 Å². The van der Waals surface area contributed by atoms with Crippen LogP contribution in [-0.4, -0.2) is 0 Å². The number of hydrogen-bond donors (Lipinski definition) is 0. The van der Waals surface area contributed by atoms with Crippen LogP contribution in [0.1, 0.15) is 11.1 Å². The van der Waals surface area contributed by atoms with Gasteiger partial charge in [-0.2, -0.15) is 0 Å². The molecular formula is C82H58N2. The minimum absolute atomic E-state index is 1.09. The summed E-state index contributed by atoms with van der Waals surface area (Å²) in [6.45, 7) is 4.46. The molecule has 0 aliphatic heterocycles. The Bertz CT molecular complexity index is 4420. The van der Waals surface area contributed by atoms with Gasteiger partial charge in [0, 0.05) is 34.1 Å². The van der Waals surface area contributed by atoms with Crippen molar-refractivity contribution in [3.8, 4) is 89.0 Å². The van der Waals surface area contributed by atoms with Crippen molar-refractivity contribution in [1.29, 1.82) is 0 Å². The predicted molar refractivity (Wildman–Crippen MR) is 357 cm³/mol. The fraction of sp³-hybridized carbons (Fsp3) is 0.0244. The van der Waals surface area contributed by atoms with Gasteiger partial charge in [-0.15, -0.1) is 0 Å². The minimum atomic E-state index is 1.09. The molecule has 0 spiro atoms. The summed E-state index contributed by atoms with van der Waals surface area (Å²) < 4.78 is 0. The SMILES string of the molecule is Cc1ccc(-c2ccccc2)cc1N(c1ccccc1)c1ccc2c(-c3ccccc3)c3c(c(-c4ccccc4)c2c1)-c1c-3c(-c2ccccc2)c2cc(N(c3ccccc3)c3cc(-c4ccccc4)ccc3C)ccc2c1-c1ccccc1. The minimum Gasteiger partial charge on any atom is -0.310 e. The molecule has 0 saturated carbocycles. The topological polar surface area (TPSA) is 6.48 Å². The van der Waals surface area contributed by atoms with Crippen molar-refractivity contribution >= 4 is 55.7 Å². The summed E-state index contributed by atoms with van der Waals surface area (Å²) >= 11 is 0. The third-order valence-electron chi connectivity index (χ3n) is 17.0. The molecule has 15 rings (SSSR count). The maximum absolute atomic E-state index is 2.48. The summed E-state index contributed by atoms with van der Waals surface area (Å²) in [6, 6.07) is 116. The Hall–Kier alpha value is -10.8. The van der Waals surface area contributed by atoms with E-state index in [-0.39, 0.29) is 0 Å². The van der Waals surface area contributed by atoms with Crippen LogP contribution in [0.2, 0.25) is 0 Å². The molecule has 0 unspecified atom stereocenters. The Morgan fingerprint density at radius 1 is 0.179 bits per heavy atom. The Morgan fingerprint density at radius 3 is 0.738 bits per heavy atom. The second-order valence-electron chi connectivity index (χ2n) is 22.0. The van der Waals surface area contributed by atoms with Gasteiger partial charge in [-0.05, 0) is 196 Å². The van der Waals surface area contributed by atoms with Crippen molar-refractivity contribution in [2.45, 2.75) is 13.8 Å². The maximum Gasteiger partial charge on any atom is 0.0496 e. The standard InChI is InChI=1S/C82H58N2/c1-55-43-45-63(57-27-11-3-12-28-57)51-73(55)83(65-39-23-9-24-40-65)67-47-49-69-71(53-67)77(61-35-19-7-20-36-61)81-79(75(69)59-31-15-5-16-32-59)82-78(62-37-21-8-22-38-62)72-54-68(48-50-70(72)76(80(81)82)60-33-17-6-18-34-60)84(66-41-25-10-26-42-66)74-52-64(46-44-56(74)2)58-29-13-4-14-30-58/h3-54H,1-2H3. The van der Waals surface area contributed by atoms with Crippen molar-refractivity contribution in [2.24, 2.45) is 0 Å². The van der Waals surface area contributed by atoms with Gasteiger partial charge in [0.2, 0.25) is 0 Å². The molecule has 2 nitrogen and oxygen atoms in total. The van der Waals surface area contributed by atoms with Gasteiger partial charge in [-0.3, -0.25) is 0 Å². The van der Waals surface area contributed by atoms with Crippen LogP contribution in [0.15, 0.2) is 315 Å². The number of aryl methyl sites for hydroxylation is 2. The summed E-state index contributed by atoms with van der Waals surface area (Å²) in [7, 11) is 0. The molecule has 396 valence electrons. The van der Waals surface area contributed by atoms with E-state index in [0.29, 0.717) is 0 Å². The van der Waals surface area contributed by atoms with Crippen LogP contribution in [0.5, 0.6) is 0 Å². The molecule has 2 heteroatoms. The monoisotopic (exact) mass is 1070 g/mol. The fourth-order valence-electron chi connectivity index (χ4n) is 13.1. The Morgan fingerprint density at radius 2 is 0.440 bits per heavy atom. The number of hydrogen-bond acceptors (Lipinski definition) is 2. The average molecular weight is 1070 g/mol. The molecule has 0 atom stereocenters. The van der Waals surface area contributed by atoms with E-state index < -0.39 is 0 Å². The summed E-state index contributed by atoms with van der Waals surface area (Å²) in [4.78, 5) is 4.91. The zero-order chi connectivity index (χ0) is 56.1. The molecule has 0 bridgehead atoms. The molecule has 0 heterocycles. The molecule has 14 aromatic carbocycles. The third kappa shape index (κ3) is 8.67. The quantitative estimate of drug-likeness (QED) is 0.120. The molecule has 0 saturated heterocycles. The highest BCUT2D eigenvalue weighted by Crippen LogP contribution is 2.66. The third-order valence-corrected chi connectivity index (χ3v) is 17.0. The lowest BCUT2D eigenvalue weighted by Gasteiger charge is -2.38. The van der Waals surface area contributed by atoms with Crippen molar-refractivity contribution < 1.29 is 0 Å². The summed E-state index contributed by atoms with van der Waals surface area (Å²) in [5.74, 6) is 0. The van der Waals surface area contributed by atoms with Gasteiger partial charge >= 0.3 is 0 Å². The van der Waals surface area contributed by atoms with Crippen LogP contribution in [-0.2, 0) is 0 Å². The number of rotatable bonds is 12. The lowest BCUT2D eigenvalue weighted by atomic mass is 9.65. The second kappa shape index (κ2) is 21.3. The number of para-hydroxylation sites is 2. The van der Waals surface area contributed by atoms with Gasteiger partial charge < -0.3 is 9.80 Å². The molecule has 14 aromatic rings. The first-order valence-electron chi connectivity index (χ1n) is 29.1. The van der Waals surface area contributed by atoms with Crippen molar-refractivity contribution in [1.82, 2.24) is 0 Å².